The van der Waals surface area contributed by atoms with E-state index in [1.807, 2.05) is 48.5 Å². The van der Waals surface area contributed by atoms with Gasteiger partial charge in [-0.1, -0.05) is 54.6 Å². The third kappa shape index (κ3) is 3.74. The van der Waals surface area contributed by atoms with Gasteiger partial charge < -0.3 is 15.3 Å². The molecule has 1 aliphatic rings. The Kier molecular flexibility index (Phi) is 4.79. The Bertz CT molecular complexity index is 730. The van der Waals surface area contributed by atoms with Gasteiger partial charge in [0.25, 0.3) is 0 Å². The maximum Gasteiger partial charge on any atom is 0.326 e. The van der Waals surface area contributed by atoms with Gasteiger partial charge in [0.05, 0.1) is 0 Å². The lowest BCUT2D eigenvalue weighted by Gasteiger charge is -2.30. The van der Waals surface area contributed by atoms with Crippen LogP contribution in [-0.2, 0) is 24.2 Å². The summed E-state index contributed by atoms with van der Waals surface area (Å²) < 4.78 is 0. The largest absolute Gasteiger partial charge is 0.480 e. The second kappa shape index (κ2) is 7.17. The van der Waals surface area contributed by atoms with Crippen LogP contribution in [0.1, 0.15) is 16.7 Å². The number of benzene rings is 2. The molecule has 0 spiro atoms. The fraction of sp³-hybridized carbons (Fsp3) is 0.263. The predicted octanol–water partition coefficient (Wildman–Crippen LogP) is 2.45. The fourth-order valence-electron chi connectivity index (χ4n) is 2.96. The zero-order valence-corrected chi connectivity index (χ0v) is 13.3. The SMILES string of the molecule is O=C(O)C(Cc1ccccc1)NC(=O)N1CCc2ccccc2C1. The second-order valence-corrected chi connectivity index (χ2v) is 5.97. The molecule has 3 rings (SSSR count). The van der Waals surface area contributed by atoms with Crippen LogP contribution < -0.4 is 5.32 Å². The molecule has 24 heavy (non-hydrogen) atoms. The van der Waals surface area contributed by atoms with Crippen molar-refractivity contribution in [2.45, 2.75) is 25.4 Å². The van der Waals surface area contributed by atoms with Crippen molar-refractivity contribution < 1.29 is 14.7 Å². The number of nitrogens with one attached hydrogen (secondary N) is 1. The smallest absolute Gasteiger partial charge is 0.326 e. The highest BCUT2D eigenvalue weighted by atomic mass is 16.4. The summed E-state index contributed by atoms with van der Waals surface area (Å²) in [4.78, 5) is 25.6. The molecular weight excluding hydrogens is 304 g/mol. The van der Waals surface area contributed by atoms with Crippen LogP contribution in [0.15, 0.2) is 54.6 Å². The van der Waals surface area contributed by atoms with Crippen molar-refractivity contribution in [2.75, 3.05) is 6.54 Å². The highest BCUT2D eigenvalue weighted by Gasteiger charge is 2.25. The Morgan fingerprint density at radius 2 is 1.71 bits per heavy atom. The minimum absolute atomic E-state index is 0.270. The van der Waals surface area contributed by atoms with Gasteiger partial charge in [0, 0.05) is 19.5 Å². The Labute approximate surface area is 140 Å². The Morgan fingerprint density at radius 3 is 2.42 bits per heavy atom. The average Bonchev–Trinajstić information content (AvgIpc) is 2.61. The summed E-state index contributed by atoms with van der Waals surface area (Å²) in [5, 5.41) is 12.1. The van der Waals surface area contributed by atoms with Crippen molar-refractivity contribution in [3.63, 3.8) is 0 Å². The number of carbonyl (C=O) groups excluding carboxylic acids is 1. The first kappa shape index (κ1) is 16.1. The van der Waals surface area contributed by atoms with Gasteiger partial charge in [-0.25, -0.2) is 9.59 Å². The van der Waals surface area contributed by atoms with Gasteiger partial charge in [0.1, 0.15) is 6.04 Å². The first-order valence-corrected chi connectivity index (χ1v) is 8.02. The number of rotatable bonds is 4. The van der Waals surface area contributed by atoms with Gasteiger partial charge in [-0.2, -0.15) is 0 Å². The third-order valence-electron chi connectivity index (χ3n) is 4.30. The highest BCUT2D eigenvalue weighted by molar-refractivity contribution is 5.83. The number of hydrogen-bond donors (Lipinski definition) is 2. The number of aliphatic carboxylic acids is 1. The maximum atomic E-state index is 12.5. The van der Waals surface area contributed by atoms with Gasteiger partial charge in [0.2, 0.25) is 0 Å². The van der Waals surface area contributed by atoms with Crippen LogP contribution in [-0.4, -0.2) is 34.6 Å². The summed E-state index contributed by atoms with van der Waals surface area (Å²) >= 11 is 0. The van der Waals surface area contributed by atoms with Crippen LogP contribution in [0.4, 0.5) is 4.79 Å². The van der Waals surface area contributed by atoms with Gasteiger partial charge in [-0.3, -0.25) is 0 Å². The molecule has 1 atom stereocenters. The molecule has 1 heterocycles. The topological polar surface area (TPSA) is 69.6 Å². The Morgan fingerprint density at radius 1 is 1.04 bits per heavy atom. The molecular formula is C19H20N2O3. The van der Waals surface area contributed by atoms with Crippen molar-refractivity contribution in [3.8, 4) is 0 Å². The zero-order chi connectivity index (χ0) is 16.9. The van der Waals surface area contributed by atoms with E-state index in [-0.39, 0.29) is 12.5 Å². The van der Waals surface area contributed by atoms with E-state index in [9.17, 15) is 14.7 Å². The molecule has 1 unspecified atom stereocenters. The van der Waals surface area contributed by atoms with Gasteiger partial charge in [-0.15, -0.1) is 0 Å². The lowest BCUT2D eigenvalue weighted by Crippen LogP contribution is -2.50. The molecule has 0 aromatic heterocycles. The summed E-state index contributed by atoms with van der Waals surface area (Å²) in [5.41, 5.74) is 3.25. The van der Waals surface area contributed by atoms with Crippen molar-refractivity contribution in [1.82, 2.24) is 10.2 Å². The average molecular weight is 324 g/mol. The molecule has 0 saturated heterocycles. The molecule has 0 radical (unpaired) electrons. The number of carbonyl (C=O) groups is 2. The monoisotopic (exact) mass is 324 g/mol. The summed E-state index contributed by atoms with van der Waals surface area (Å²) in [7, 11) is 0. The molecule has 2 amide bonds. The molecule has 0 saturated carbocycles. The number of nitrogens with zero attached hydrogens (tertiary/aromatic N) is 1. The third-order valence-corrected chi connectivity index (χ3v) is 4.30. The molecule has 2 aromatic carbocycles. The predicted molar refractivity (Wildman–Crippen MR) is 90.7 cm³/mol. The molecule has 0 bridgehead atoms. The van der Waals surface area contributed by atoms with Crippen LogP contribution in [0.2, 0.25) is 0 Å². The number of hydrogen-bond acceptors (Lipinski definition) is 2. The van der Waals surface area contributed by atoms with E-state index in [2.05, 4.69) is 11.4 Å². The van der Waals surface area contributed by atoms with Crippen LogP contribution >= 0.6 is 0 Å². The molecule has 0 fully saturated rings. The van der Waals surface area contributed by atoms with E-state index < -0.39 is 12.0 Å². The molecule has 1 aliphatic heterocycles. The number of amides is 2. The molecule has 5 nitrogen and oxygen atoms in total. The van der Waals surface area contributed by atoms with E-state index in [0.717, 1.165) is 17.5 Å². The summed E-state index contributed by atoms with van der Waals surface area (Å²) in [6.45, 7) is 1.11. The van der Waals surface area contributed by atoms with Crippen molar-refractivity contribution in [1.29, 1.82) is 0 Å². The van der Waals surface area contributed by atoms with E-state index in [1.54, 1.807) is 4.90 Å². The van der Waals surface area contributed by atoms with E-state index in [1.165, 1.54) is 5.56 Å². The van der Waals surface area contributed by atoms with Crippen LogP contribution in [0.25, 0.3) is 0 Å². The van der Waals surface area contributed by atoms with Gasteiger partial charge in [0.15, 0.2) is 0 Å². The molecule has 0 aliphatic carbocycles. The minimum Gasteiger partial charge on any atom is -0.480 e. The summed E-state index contributed by atoms with van der Waals surface area (Å²) in [6.07, 6.45) is 1.06. The maximum absolute atomic E-state index is 12.5. The number of carboxylic acids is 1. The lowest BCUT2D eigenvalue weighted by atomic mass is 10.0. The standard InChI is InChI=1S/C19H20N2O3/c22-18(23)17(12-14-6-2-1-3-7-14)20-19(24)21-11-10-15-8-4-5-9-16(15)13-21/h1-9,17H,10-13H2,(H,20,24)(H,22,23). The van der Waals surface area contributed by atoms with Crippen molar-refractivity contribution >= 4 is 12.0 Å². The van der Waals surface area contributed by atoms with Crippen LogP contribution in [0, 0.1) is 0 Å². The zero-order valence-electron chi connectivity index (χ0n) is 13.3. The highest BCUT2D eigenvalue weighted by Crippen LogP contribution is 2.18. The van der Waals surface area contributed by atoms with E-state index in [0.29, 0.717) is 13.1 Å². The lowest BCUT2D eigenvalue weighted by molar-refractivity contribution is -0.139. The van der Waals surface area contributed by atoms with Crippen molar-refractivity contribution in [3.05, 3.63) is 71.3 Å². The number of fused-ring (bicyclic) bond motifs is 1. The molecule has 5 heteroatoms. The normalized spacial score (nSPS) is 14.6. The summed E-state index contributed by atoms with van der Waals surface area (Å²) in [6, 6.07) is 16.1. The first-order valence-electron chi connectivity index (χ1n) is 8.02. The number of urea groups is 1. The Hall–Kier alpha value is -2.82. The molecule has 2 aromatic rings. The van der Waals surface area contributed by atoms with Gasteiger partial charge >= 0.3 is 12.0 Å². The Balaban J connectivity index is 1.65. The van der Waals surface area contributed by atoms with Crippen LogP contribution in [0.3, 0.4) is 0 Å². The second-order valence-electron chi connectivity index (χ2n) is 5.97. The number of carboxylic acid groups (broad SMARTS) is 1. The van der Waals surface area contributed by atoms with Crippen molar-refractivity contribution in [2.24, 2.45) is 0 Å². The van der Waals surface area contributed by atoms with Crippen LogP contribution in [0.5, 0.6) is 0 Å². The minimum atomic E-state index is -1.02. The first-order chi connectivity index (χ1) is 11.6. The fourth-order valence-corrected chi connectivity index (χ4v) is 2.96. The molecule has 2 N–H and O–H groups in total. The molecule has 124 valence electrons. The van der Waals surface area contributed by atoms with E-state index >= 15 is 0 Å². The summed E-state index contributed by atoms with van der Waals surface area (Å²) in [5.74, 6) is -1.02. The van der Waals surface area contributed by atoms with E-state index in [4.69, 9.17) is 0 Å². The van der Waals surface area contributed by atoms with Gasteiger partial charge in [-0.05, 0) is 23.1 Å². The quantitative estimate of drug-likeness (QED) is 0.907.